The molecule has 0 radical (unpaired) electrons. The summed E-state index contributed by atoms with van der Waals surface area (Å²) in [6, 6.07) is 13.6. The molecule has 1 aliphatic heterocycles. The lowest BCUT2D eigenvalue weighted by Gasteiger charge is -2.08. The predicted octanol–water partition coefficient (Wildman–Crippen LogP) is 4.08. The van der Waals surface area contributed by atoms with Crippen LogP contribution in [-0.2, 0) is 22.7 Å². The van der Waals surface area contributed by atoms with Gasteiger partial charge in [0, 0.05) is 11.9 Å². The highest BCUT2D eigenvalue weighted by Gasteiger charge is 2.08. The summed E-state index contributed by atoms with van der Waals surface area (Å²) in [5.41, 5.74) is 2.70. The largest absolute Gasteiger partial charge is 0.457 e. The number of nitrogens with zero attached hydrogens (tertiary/aromatic N) is 2. The number of hydrogen-bond acceptors (Lipinski definition) is 6. The zero-order valence-electron chi connectivity index (χ0n) is 14.2. The second kappa shape index (κ2) is 7.95. The second-order valence-corrected chi connectivity index (χ2v) is 5.86. The van der Waals surface area contributed by atoms with Crippen LogP contribution in [0.2, 0.25) is 0 Å². The molecule has 0 saturated carbocycles. The topological polar surface area (TPSA) is 69.4 Å². The Balaban J connectivity index is 1.63. The highest BCUT2D eigenvalue weighted by Crippen LogP contribution is 2.23. The number of nitrogens with one attached hydrogen (secondary N) is 1. The van der Waals surface area contributed by atoms with Crippen LogP contribution in [0.3, 0.4) is 0 Å². The Morgan fingerprint density at radius 1 is 0.923 bits per heavy atom. The first-order chi connectivity index (χ1) is 12.9. The molecule has 2 aromatic heterocycles. The van der Waals surface area contributed by atoms with E-state index in [4.69, 9.17) is 13.9 Å². The van der Waals surface area contributed by atoms with E-state index in [1.165, 1.54) is 0 Å². The van der Waals surface area contributed by atoms with Gasteiger partial charge in [-0.25, -0.2) is 9.97 Å². The SMILES string of the molecule is C1=C\COCc2ccc(o2)-c2ccnc(n2)Nc2cccc(c2)COC/1. The second-order valence-electron chi connectivity index (χ2n) is 5.86. The number of furan rings is 1. The van der Waals surface area contributed by atoms with Crippen molar-refractivity contribution >= 4 is 11.6 Å². The normalized spacial score (nSPS) is 16.2. The fourth-order valence-electron chi connectivity index (χ4n) is 2.63. The minimum absolute atomic E-state index is 0.409. The fourth-order valence-corrected chi connectivity index (χ4v) is 2.63. The monoisotopic (exact) mass is 349 g/mol. The number of fused-ring (bicyclic) bond motifs is 7. The van der Waals surface area contributed by atoms with Crippen LogP contribution in [0.25, 0.3) is 11.5 Å². The summed E-state index contributed by atoms with van der Waals surface area (Å²) in [5, 5.41) is 3.23. The summed E-state index contributed by atoms with van der Waals surface area (Å²) in [4.78, 5) is 8.82. The van der Waals surface area contributed by atoms with Gasteiger partial charge in [0.15, 0.2) is 5.76 Å². The summed E-state index contributed by atoms with van der Waals surface area (Å²) in [5.74, 6) is 1.96. The van der Waals surface area contributed by atoms with E-state index in [9.17, 15) is 0 Å². The van der Waals surface area contributed by atoms with Crippen molar-refractivity contribution in [2.45, 2.75) is 13.2 Å². The molecule has 1 aliphatic rings. The van der Waals surface area contributed by atoms with Crippen molar-refractivity contribution in [1.29, 1.82) is 0 Å². The molecule has 3 heterocycles. The average molecular weight is 349 g/mol. The van der Waals surface area contributed by atoms with Gasteiger partial charge in [-0.2, -0.15) is 0 Å². The molecule has 26 heavy (non-hydrogen) atoms. The van der Waals surface area contributed by atoms with Gasteiger partial charge in [0.1, 0.15) is 18.1 Å². The minimum atomic E-state index is 0.409. The van der Waals surface area contributed by atoms with Gasteiger partial charge in [-0.15, -0.1) is 0 Å². The van der Waals surface area contributed by atoms with Crippen molar-refractivity contribution in [2.75, 3.05) is 18.5 Å². The zero-order valence-corrected chi connectivity index (χ0v) is 14.2. The summed E-state index contributed by atoms with van der Waals surface area (Å²) >= 11 is 0. The van der Waals surface area contributed by atoms with E-state index in [1.54, 1.807) is 6.20 Å². The fraction of sp³-hybridized carbons (Fsp3) is 0.200. The molecule has 0 saturated heterocycles. The van der Waals surface area contributed by atoms with Crippen molar-refractivity contribution in [1.82, 2.24) is 9.97 Å². The van der Waals surface area contributed by atoms with Crippen molar-refractivity contribution in [3.8, 4) is 11.5 Å². The Hall–Kier alpha value is -2.96. The maximum atomic E-state index is 5.82. The molecule has 4 rings (SSSR count). The Labute approximate surface area is 151 Å². The van der Waals surface area contributed by atoms with Crippen LogP contribution >= 0.6 is 0 Å². The van der Waals surface area contributed by atoms with E-state index in [1.807, 2.05) is 54.6 Å². The van der Waals surface area contributed by atoms with Crippen molar-refractivity contribution < 1.29 is 13.9 Å². The lowest BCUT2D eigenvalue weighted by atomic mass is 10.2. The molecule has 1 N–H and O–H groups in total. The molecular weight excluding hydrogens is 330 g/mol. The number of anilines is 2. The van der Waals surface area contributed by atoms with Gasteiger partial charge < -0.3 is 19.2 Å². The van der Waals surface area contributed by atoms with Crippen LogP contribution in [0.4, 0.5) is 11.6 Å². The molecule has 0 spiro atoms. The molecule has 0 amide bonds. The van der Waals surface area contributed by atoms with Gasteiger partial charge in [-0.1, -0.05) is 24.3 Å². The number of rotatable bonds is 0. The highest BCUT2D eigenvalue weighted by molar-refractivity contribution is 5.58. The molecule has 0 atom stereocenters. The molecule has 6 heteroatoms. The van der Waals surface area contributed by atoms with E-state index >= 15 is 0 Å². The van der Waals surface area contributed by atoms with E-state index < -0.39 is 0 Å². The van der Waals surface area contributed by atoms with Crippen LogP contribution in [0.5, 0.6) is 0 Å². The molecule has 0 unspecified atom stereocenters. The van der Waals surface area contributed by atoms with Crippen molar-refractivity contribution in [3.05, 3.63) is 72.1 Å². The van der Waals surface area contributed by atoms with Crippen LogP contribution < -0.4 is 5.32 Å². The third kappa shape index (κ3) is 4.17. The number of ether oxygens (including phenoxy) is 2. The summed E-state index contributed by atoms with van der Waals surface area (Å²) < 4.78 is 17.1. The Kier molecular flexibility index (Phi) is 5.04. The first-order valence-electron chi connectivity index (χ1n) is 8.45. The first kappa shape index (κ1) is 16.5. The van der Waals surface area contributed by atoms with Crippen molar-refractivity contribution in [2.24, 2.45) is 0 Å². The highest BCUT2D eigenvalue weighted by atomic mass is 16.5. The third-order valence-electron chi connectivity index (χ3n) is 3.86. The molecule has 6 bridgehead atoms. The third-order valence-corrected chi connectivity index (χ3v) is 3.86. The van der Waals surface area contributed by atoms with Gasteiger partial charge in [0.2, 0.25) is 5.95 Å². The Morgan fingerprint density at radius 3 is 2.73 bits per heavy atom. The summed E-state index contributed by atoms with van der Waals surface area (Å²) in [7, 11) is 0. The maximum absolute atomic E-state index is 5.82. The average Bonchev–Trinajstić information content (AvgIpc) is 3.13. The molecule has 132 valence electrons. The molecule has 6 nitrogen and oxygen atoms in total. The molecular formula is C20H19N3O3. The maximum Gasteiger partial charge on any atom is 0.227 e. The van der Waals surface area contributed by atoms with Crippen LogP contribution in [0.15, 0.2) is 65.2 Å². The lowest BCUT2D eigenvalue weighted by molar-refractivity contribution is 0.129. The summed E-state index contributed by atoms with van der Waals surface area (Å²) in [6.45, 7) is 1.99. The number of benzene rings is 1. The quantitative estimate of drug-likeness (QED) is 0.617. The van der Waals surface area contributed by atoms with Crippen LogP contribution in [0, 0.1) is 0 Å². The van der Waals surface area contributed by atoms with E-state index in [2.05, 4.69) is 15.3 Å². The van der Waals surface area contributed by atoms with Gasteiger partial charge in [-0.05, 0) is 35.9 Å². The van der Waals surface area contributed by atoms with E-state index in [0.29, 0.717) is 43.8 Å². The molecule has 1 aromatic carbocycles. The Bertz CT molecular complexity index is 905. The molecule has 0 fully saturated rings. The zero-order chi connectivity index (χ0) is 17.6. The Morgan fingerprint density at radius 2 is 1.81 bits per heavy atom. The lowest BCUT2D eigenvalue weighted by Crippen LogP contribution is -1.99. The standard InChI is InChI=1S/C20H19N3O3/c1-2-11-25-14-17-6-7-19(26-17)18-8-9-21-20(23-18)22-16-5-3-4-15(12-16)13-24-10-1/h1-9,12H,10-11,13-14H2,(H,21,22,23)/b2-1-. The van der Waals surface area contributed by atoms with E-state index in [0.717, 1.165) is 17.0 Å². The van der Waals surface area contributed by atoms with Crippen LogP contribution in [-0.4, -0.2) is 23.2 Å². The molecule has 3 aromatic rings. The van der Waals surface area contributed by atoms with Crippen LogP contribution in [0.1, 0.15) is 11.3 Å². The van der Waals surface area contributed by atoms with Gasteiger partial charge in [-0.3, -0.25) is 0 Å². The number of hydrogen-bond donors (Lipinski definition) is 1. The van der Waals surface area contributed by atoms with Gasteiger partial charge >= 0.3 is 0 Å². The predicted molar refractivity (Wildman–Crippen MR) is 97.9 cm³/mol. The van der Waals surface area contributed by atoms with Crippen molar-refractivity contribution in [3.63, 3.8) is 0 Å². The number of aromatic nitrogens is 2. The smallest absolute Gasteiger partial charge is 0.227 e. The molecule has 0 aliphatic carbocycles. The summed E-state index contributed by atoms with van der Waals surface area (Å²) in [6.07, 6.45) is 5.61. The van der Waals surface area contributed by atoms with Gasteiger partial charge in [0.25, 0.3) is 0 Å². The first-order valence-corrected chi connectivity index (χ1v) is 8.45. The van der Waals surface area contributed by atoms with Gasteiger partial charge in [0.05, 0.1) is 19.8 Å². The van der Waals surface area contributed by atoms with E-state index in [-0.39, 0.29) is 0 Å². The minimum Gasteiger partial charge on any atom is -0.457 e.